The van der Waals surface area contributed by atoms with Gasteiger partial charge in [0.2, 0.25) is 0 Å². The van der Waals surface area contributed by atoms with Crippen molar-refractivity contribution in [2.24, 2.45) is 11.8 Å². The molecule has 0 spiro atoms. The molecule has 2 saturated heterocycles. The van der Waals surface area contributed by atoms with Crippen LogP contribution < -0.4 is 4.90 Å². The fourth-order valence-corrected chi connectivity index (χ4v) is 3.89. The molecule has 0 aromatic carbocycles. The molecule has 2 aliphatic heterocycles. The molecule has 1 aromatic heterocycles. The van der Waals surface area contributed by atoms with Crippen molar-refractivity contribution in [2.75, 3.05) is 30.3 Å². The van der Waals surface area contributed by atoms with E-state index < -0.39 is 21.7 Å². The third-order valence-corrected chi connectivity index (χ3v) is 6.14. The normalized spacial score (nSPS) is 27.9. The zero-order valence-electron chi connectivity index (χ0n) is 12.2. The van der Waals surface area contributed by atoms with Gasteiger partial charge < -0.3 is 14.7 Å². The molecular weight excluding hydrogens is 308 g/mol. The first-order valence-electron chi connectivity index (χ1n) is 7.20. The second-order valence-electron chi connectivity index (χ2n) is 5.64. The molecule has 1 N–H and O–H groups in total. The molecule has 2 fully saturated rings. The molecule has 0 amide bonds. The number of ether oxygens (including phenoxy) is 1. The average Bonchev–Trinajstić information content (AvgIpc) is 3.07. The molecule has 0 aliphatic carbocycles. The smallest absolute Gasteiger partial charge is 0.309 e. The van der Waals surface area contributed by atoms with Crippen LogP contribution in [0.3, 0.4) is 0 Å². The number of fused-ring (bicyclic) bond motifs is 1. The standard InChI is InChI=1S/C14H18N2O5S/c1-2-22(19,20)9-3-4-13(15-5-9)16-6-10-11(14(17)18)8-21-12(10)7-16/h3-5,10-12H,2,6-8H2,1H3,(H,17,18)/t10-,11-,12-/m0/s1. The number of pyridine rings is 1. The highest BCUT2D eigenvalue weighted by Gasteiger charge is 2.47. The second kappa shape index (κ2) is 5.51. The highest BCUT2D eigenvalue weighted by Crippen LogP contribution is 2.35. The maximum absolute atomic E-state index is 11.8. The summed E-state index contributed by atoms with van der Waals surface area (Å²) in [6.07, 6.45) is 1.26. The van der Waals surface area contributed by atoms with Crippen LogP contribution in [0.4, 0.5) is 5.82 Å². The topological polar surface area (TPSA) is 96.8 Å². The number of carbonyl (C=O) groups is 1. The summed E-state index contributed by atoms with van der Waals surface area (Å²) in [7, 11) is -3.26. The van der Waals surface area contributed by atoms with Gasteiger partial charge in [0, 0.05) is 25.2 Å². The van der Waals surface area contributed by atoms with Gasteiger partial charge in [-0.2, -0.15) is 0 Å². The van der Waals surface area contributed by atoms with Crippen molar-refractivity contribution in [2.45, 2.75) is 17.9 Å². The third kappa shape index (κ3) is 2.56. The van der Waals surface area contributed by atoms with E-state index >= 15 is 0 Å². The fourth-order valence-electron chi connectivity index (χ4n) is 3.06. The van der Waals surface area contributed by atoms with E-state index in [1.54, 1.807) is 19.1 Å². The molecule has 3 heterocycles. The number of aliphatic carboxylic acids is 1. The van der Waals surface area contributed by atoms with Crippen LogP contribution >= 0.6 is 0 Å². The predicted molar refractivity (Wildman–Crippen MR) is 78.5 cm³/mol. The molecule has 3 atom stereocenters. The lowest BCUT2D eigenvalue weighted by Crippen LogP contribution is -2.28. The molecule has 0 saturated carbocycles. The van der Waals surface area contributed by atoms with Crippen LogP contribution in [0.25, 0.3) is 0 Å². The molecule has 2 aliphatic rings. The number of sulfone groups is 1. The summed E-state index contributed by atoms with van der Waals surface area (Å²) in [4.78, 5) is 17.6. The van der Waals surface area contributed by atoms with Gasteiger partial charge >= 0.3 is 5.97 Å². The van der Waals surface area contributed by atoms with Crippen molar-refractivity contribution >= 4 is 21.6 Å². The lowest BCUT2D eigenvalue weighted by atomic mass is 9.93. The van der Waals surface area contributed by atoms with Crippen molar-refractivity contribution in [3.63, 3.8) is 0 Å². The second-order valence-corrected chi connectivity index (χ2v) is 7.92. The van der Waals surface area contributed by atoms with Gasteiger partial charge in [-0.3, -0.25) is 4.79 Å². The lowest BCUT2D eigenvalue weighted by Gasteiger charge is -2.19. The fraction of sp³-hybridized carbons (Fsp3) is 0.571. The van der Waals surface area contributed by atoms with Crippen LogP contribution in [-0.4, -0.2) is 56.0 Å². The Morgan fingerprint density at radius 2 is 2.23 bits per heavy atom. The monoisotopic (exact) mass is 326 g/mol. The number of nitrogens with zero attached hydrogens (tertiary/aromatic N) is 2. The van der Waals surface area contributed by atoms with Crippen LogP contribution in [0.2, 0.25) is 0 Å². The summed E-state index contributed by atoms with van der Waals surface area (Å²) < 4.78 is 29.1. The Kier molecular flexibility index (Phi) is 3.82. The van der Waals surface area contributed by atoms with Crippen LogP contribution in [0, 0.1) is 11.8 Å². The van der Waals surface area contributed by atoms with Crippen LogP contribution in [-0.2, 0) is 19.4 Å². The van der Waals surface area contributed by atoms with Crippen LogP contribution in [0.5, 0.6) is 0 Å². The molecule has 7 nitrogen and oxygen atoms in total. The van der Waals surface area contributed by atoms with Crippen molar-refractivity contribution in [3.8, 4) is 0 Å². The Morgan fingerprint density at radius 3 is 2.82 bits per heavy atom. The zero-order chi connectivity index (χ0) is 15.9. The number of carboxylic acids is 1. The predicted octanol–water partition coefficient (Wildman–Crippen LogP) is 0.411. The molecule has 0 radical (unpaired) electrons. The minimum Gasteiger partial charge on any atom is -0.481 e. The van der Waals surface area contributed by atoms with Gasteiger partial charge in [0.15, 0.2) is 9.84 Å². The number of rotatable bonds is 4. The Balaban J connectivity index is 1.76. The molecular formula is C14H18N2O5S. The SMILES string of the molecule is CCS(=O)(=O)c1ccc(N2C[C@@H]3[C@H](C2)OC[C@@H]3C(=O)O)nc1. The van der Waals surface area contributed by atoms with Crippen molar-refractivity contribution in [1.82, 2.24) is 4.98 Å². The summed E-state index contributed by atoms with van der Waals surface area (Å²) in [6, 6.07) is 3.21. The summed E-state index contributed by atoms with van der Waals surface area (Å²) in [6.45, 7) is 3.00. The van der Waals surface area contributed by atoms with E-state index in [-0.39, 0.29) is 29.3 Å². The minimum atomic E-state index is -3.26. The van der Waals surface area contributed by atoms with Crippen LogP contribution in [0.15, 0.2) is 23.2 Å². The Labute approximate surface area is 128 Å². The number of aromatic nitrogens is 1. The molecule has 120 valence electrons. The summed E-state index contributed by atoms with van der Waals surface area (Å²) in [5, 5.41) is 9.19. The number of hydrogen-bond donors (Lipinski definition) is 1. The minimum absolute atomic E-state index is 0.0377. The largest absolute Gasteiger partial charge is 0.481 e. The van der Waals surface area contributed by atoms with E-state index in [0.717, 1.165) is 0 Å². The number of hydrogen-bond acceptors (Lipinski definition) is 6. The van der Waals surface area contributed by atoms with Crippen LogP contribution in [0.1, 0.15) is 6.92 Å². The molecule has 1 aromatic rings. The Bertz CT molecular complexity index is 673. The molecule has 0 bridgehead atoms. The van der Waals surface area contributed by atoms with E-state index in [1.165, 1.54) is 6.20 Å². The van der Waals surface area contributed by atoms with E-state index in [1.807, 2.05) is 4.90 Å². The van der Waals surface area contributed by atoms with Crippen molar-refractivity contribution in [3.05, 3.63) is 18.3 Å². The summed E-state index contributed by atoms with van der Waals surface area (Å²) >= 11 is 0. The van der Waals surface area contributed by atoms with Gasteiger partial charge in [0.05, 0.1) is 29.3 Å². The Hall–Kier alpha value is -1.67. The number of anilines is 1. The van der Waals surface area contributed by atoms with E-state index in [0.29, 0.717) is 18.9 Å². The molecule has 3 rings (SSSR count). The zero-order valence-corrected chi connectivity index (χ0v) is 13.0. The van der Waals surface area contributed by atoms with Gasteiger partial charge in [-0.15, -0.1) is 0 Å². The summed E-state index contributed by atoms with van der Waals surface area (Å²) in [5.74, 6) is -0.660. The summed E-state index contributed by atoms with van der Waals surface area (Å²) in [5.41, 5.74) is 0. The van der Waals surface area contributed by atoms with Gasteiger partial charge in [-0.1, -0.05) is 6.92 Å². The van der Waals surface area contributed by atoms with Gasteiger partial charge in [0.25, 0.3) is 0 Å². The van der Waals surface area contributed by atoms with Gasteiger partial charge in [0.1, 0.15) is 5.82 Å². The quantitative estimate of drug-likeness (QED) is 0.856. The molecule has 0 unspecified atom stereocenters. The highest BCUT2D eigenvalue weighted by molar-refractivity contribution is 7.91. The first-order chi connectivity index (χ1) is 10.4. The van der Waals surface area contributed by atoms with E-state index in [2.05, 4.69) is 4.98 Å². The lowest BCUT2D eigenvalue weighted by molar-refractivity contribution is -0.142. The first kappa shape index (κ1) is 15.2. The molecule has 22 heavy (non-hydrogen) atoms. The molecule has 8 heteroatoms. The van der Waals surface area contributed by atoms with Crippen molar-refractivity contribution < 1.29 is 23.1 Å². The Morgan fingerprint density at radius 1 is 1.45 bits per heavy atom. The maximum Gasteiger partial charge on any atom is 0.309 e. The third-order valence-electron chi connectivity index (χ3n) is 4.42. The van der Waals surface area contributed by atoms with E-state index in [4.69, 9.17) is 4.74 Å². The van der Waals surface area contributed by atoms with Gasteiger partial charge in [-0.25, -0.2) is 13.4 Å². The maximum atomic E-state index is 11.8. The number of carboxylic acid groups (broad SMARTS) is 1. The van der Waals surface area contributed by atoms with Gasteiger partial charge in [-0.05, 0) is 12.1 Å². The highest BCUT2D eigenvalue weighted by atomic mass is 32.2. The van der Waals surface area contributed by atoms with Crippen molar-refractivity contribution in [1.29, 1.82) is 0 Å². The first-order valence-corrected chi connectivity index (χ1v) is 8.85. The average molecular weight is 326 g/mol. The van der Waals surface area contributed by atoms with E-state index in [9.17, 15) is 18.3 Å².